The predicted molar refractivity (Wildman–Crippen MR) is 71.1 cm³/mol. The molecule has 0 aliphatic carbocycles. The molecule has 0 radical (unpaired) electrons. The van der Waals surface area contributed by atoms with Crippen molar-refractivity contribution in [3.8, 4) is 0 Å². The molecule has 0 atom stereocenters. The van der Waals surface area contributed by atoms with Gasteiger partial charge in [-0.15, -0.1) is 0 Å². The number of carboxylic acids is 1. The van der Waals surface area contributed by atoms with Gasteiger partial charge in [0.1, 0.15) is 0 Å². The van der Waals surface area contributed by atoms with E-state index in [2.05, 4.69) is 0 Å². The Morgan fingerprint density at radius 1 is 1.17 bits per heavy atom. The first-order valence-corrected chi connectivity index (χ1v) is 7.75. The van der Waals surface area contributed by atoms with E-state index in [1.165, 1.54) is 4.31 Å². The number of hydrogen-bond donors (Lipinski definition) is 1. The maximum Gasteiger partial charge on any atom is 0.303 e. The molecule has 0 saturated carbocycles. The van der Waals surface area contributed by atoms with E-state index >= 15 is 0 Å². The molecule has 0 heterocycles. The standard InChI is InChI=1S/C11H24N2O4S/c1-4-7-13(9-8-12(2)3)18(16,17)10-5-6-11(14)15/h4-10H2,1-3H3,(H,14,15). The van der Waals surface area contributed by atoms with Gasteiger partial charge >= 0.3 is 5.97 Å². The zero-order valence-electron chi connectivity index (χ0n) is 11.4. The highest BCUT2D eigenvalue weighted by Gasteiger charge is 2.21. The summed E-state index contributed by atoms with van der Waals surface area (Å²) in [7, 11) is 0.448. The Labute approximate surface area is 110 Å². The SMILES string of the molecule is CCCN(CCN(C)C)S(=O)(=O)CCCC(=O)O. The molecule has 0 bridgehead atoms. The summed E-state index contributed by atoms with van der Waals surface area (Å²) in [5.41, 5.74) is 0. The second-order valence-electron chi connectivity index (χ2n) is 4.52. The lowest BCUT2D eigenvalue weighted by Gasteiger charge is -2.23. The molecule has 108 valence electrons. The van der Waals surface area contributed by atoms with Gasteiger partial charge in [-0.3, -0.25) is 4.79 Å². The van der Waals surface area contributed by atoms with Crippen LogP contribution in [-0.2, 0) is 14.8 Å². The minimum absolute atomic E-state index is 0.0905. The van der Waals surface area contributed by atoms with Crippen LogP contribution in [0.4, 0.5) is 0 Å². The fourth-order valence-electron chi connectivity index (χ4n) is 1.49. The van der Waals surface area contributed by atoms with Crippen LogP contribution in [0.3, 0.4) is 0 Å². The van der Waals surface area contributed by atoms with E-state index in [-0.39, 0.29) is 18.6 Å². The van der Waals surface area contributed by atoms with Crippen molar-refractivity contribution in [2.45, 2.75) is 26.2 Å². The summed E-state index contributed by atoms with van der Waals surface area (Å²) in [5, 5.41) is 8.51. The fourth-order valence-corrected chi connectivity index (χ4v) is 3.07. The van der Waals surface area contributed by atoms with E-state index in [4.69, 9.17) is 5.11 Å². The van der Waals surface area contributed by atoms with Crippen LogP contribution in [0, 0.1) is 0 Å². The van der Waals surface area contributed by atoms with Crippen molar-refractivity contribution in [1.29, 1.82) is 0 Å². The zero-order valence-corrected chi connectivity index (χ0v) is 12.2. The van der Waals surface area contributed by atoms with Crippen molar-refractivity contribution in [3.05, 3.63) is 0 Å². The van der Waals surface area contributed by atoms with Crippen molar-refractivity contribution in [3.63, 3.8) is 0 Å². The Bertz CT molecular complexity index is 341. The van der Waals surface area contributed by atoms with Gasteiger partial charge in [0.15, 0.2) is 0 Å². The van der Waals surface area contributed by atoms with Crippen LogP contribution in [0.5, 0.6) is 0 Å². The topological polar surface area (TPSA) is 77.9 Å². The van der Waals surface area contributed by atoms with Gasteiger partial charge in [-0.2, -0.15) is 0 Å². The molecule has 0 fully saturated rings. The molecule has 1 N–H and O–H groups in total. The average molecular weight is 280 g/mol. The number of rotatable bonds is 10. The molecule has 0 spiro atoms. The lowest BCUT2D eigenvalue weighted by molar-refractivity contribution is -0.137. The van der Waals surface area contributed by atoms with Gasteiger partial charge in [-0.25, -0.2) is 12.7 Å². The number of carbonyl (C=O) groups is 1. The maximum absolute atomic E-state index is 12.0. The van der Waals surface area contributed by atoms with E-state index < -0.39 is 16.0 Å². The van der Waals surface area contributed by atoms with Crippen molar-refractivity contribution in [2.75, 3.05) is 39.5 Å². The predicted octanol–water partition coefficient (Wildman–Crippen LogP) is 0.455. The Balaban J connectivity index is 4.40. The molecule has 6 nitrogen and oxygen atoms in total. The molecule has 0 aromatic rings. The van der Waals surface area contributed by atoms with Crippen LogP contribution < -0.4 is 0 Å². The molecule has 0 aliphatic rings. The van der Waals surface area contributed by atoms with Crippen LogP contribution in [-0.4, -0.2) is 68.2 Å². The van der Waals surface area contributed by atoms with E-state index in [9.17, 15) is 13.2 Å². The third kappa shape index (κ3) is 7.62. The molecule has 0 aromatic carbocycles. The number of likely N-dealkylation sites (N-methyl/N-ethyl adjacent to an activating group) is 1. The van der Waals surface area contributed by atoms with Gasteiger partial charge in [-0.1, -0.05) is 6.92 Å². The van der Waals surface area contributed by atoms with Crippen molar-refractivity contribution in [1.82, 2.24) is 9.21 Å². The number of sulfonamides is 1. The highest BCUT2D eigenvalue weighted by molar-refractivity contribution is 7.89. The fraction of sp³-hybridized carbons (Fsp3) is 0.909. The molecule has 7 heteroatoms. The third-order valence-electron chi connectivity index (χ3n) is 2.46. The van der Waals surface area contributed by atoms with E-state index in [0.29, 0.717) is 19.6 Å². The monoisotopic (exact) mass is 280 g/mol. The summed E-state index contributed by atoms with van der Waals surface area (Å²) in [6, 6.07) is 0. The van der Waals surface area contributed by atoms with Gasteiger partial charge in [0.05, 0.1) is 5.75 Å². The first-order valence-electron chi connectivity index (χ1n) is 6.14. The minimum atomic E-state index is -3.33. The normalized spacial score (nSPS) is 12.3. The Kier molecular flexibility index (Phi) is 8.13. The largest absolute Gasteiger partial charge is 0.481 e. The van der Waals surface area contributed by atoms with Gasteiger partial charge in [-0.05, 0) is 26.9 Å². The lowest BCUT2D eigenvalue weighted by Crippen LogP contribution is -2.38. The van der Waals surface area contributed by atoms with Crippen LogP contribution in [0.15, 0.2) is 0 Å². The molecule has 18 heavy (non-hydrogen) atoms. The van der Waals surface area contributed by atoms with Gasteiger partial charge < -0.3 is 10.0 Å². The summed E-state index contributed by atoms with van der Waals surface area (Å²) < 4.78 is 25.5. The number of aliphatic carboxylic acids is 1. The van der Waals surface area contributed by atoms with Gasteiger partial charge in [0.2, 0.25) is 10.0 Å². The molecular weight excluding hydrogens is 256 g/mol. The van der Waals surface area contributed by atoms with Gasteiger partial charge in [0.25, 0.3) is 0 Å². The lowest BCUT2D eigenvalue weighted by atomic mass is 10.3. The second-order valence-corrected chi connectivity index (χ2v) is 6.60. The van der Waals surface area contributed by atoms with Crippen LogP contribution in [0.2, 0.25) is 0 Å². The molecule has 0 aromatic heterocycles. The summed E-state index contributed by atoms with van der Waals surface area (Å²) in [5.74, 6) is -1.05. The molecular formula is C11H24N2O4S. The summed E-state index contributed by atoms with van der Waals surface area (Å²) >= 11 is 0. The second kappa shape index (κ2) is 8.44. The Hall–Kier alpha value is -0.660. The molecule has 0 saturated heterocycles. The summed E-state index contributed by atoms with van der Waals surface area (Å²) in [6.45, 7) is 3.53. The highest BCUT2D eigenvalue weighted by Crippen LogP contribution is 2.06. The zero-order chi connectivity index (χ0) is 14.2. The minimum Gasteiger partial charge on any atom is -0.481 e. The summed E-state index contributed by atoms with van der Waals surface area (Å²) in [6.07, 6.45) is 0.818. The smallest absolute Gasteiger partial charge is 0.303 e. The van der Waals surface area contributed by atoms with Crippen molar-refractivity contribution >= 4 is 16.0 Å². The van der Waals surface area contributed by atoms with E-state index in [1.54, 1.807) is 0 Å². The van der Waals surface area contributed by atoms with Crippen molar-refractivity contribution in [2.24, 2.45) is 0 Å². The Morgan fingerprint density at radius 3 is 2.22 bits per heavy atom. The first-order chi connectivity index (χ1) is 8.29. The Morgan fingerprint density at radius 2 is 1.78 bits per heavy atom. The van der Waals surface area contributed by atoms with Crippen LogP contribution >= 0.6 is 0 Å². The molecule has 0 aliphatic heterocycles. The number of nitrogens with zero attached hydrogens (tertiary/aromatic N) is 2. The molecule has 0 amide bonds. The highest BCUT2D eigenvalue weighted by atomic mass is 32.2. The molecule has 0 rings (SSSR count). The van der Waals surface area contributed by atoms with E-state index in [1.807, 2.05) is 25.9 Å². The maximum atomic E-state index is 12.0. The van der Waals surface area contributed by atoms with Crippen LogP contribution in [0.25, 0.3) is 0 Å². The van der Waals surface area contributed by atoms with Crippen molar-refractivity contribution < 1.29 is 18.3 Å². The average Bonchev–Trinajstić information content (AvgIpc) is 2.22. The number of hydrogen-bond acceptors (Lipinski definition) is 4. The quantitative estimate of drug-likeness (QED) is 0.629. The molecule has 0 unspecified atom stereocenters. The summed E-state index contributed by atoms with van der Waals surface area (Å²) in [4.78, 5) is 12.3. The van der Waals surface area contributed by atoms with E-state index in [0.717, 1.165) is 6.42 Å². The van der Waals surface area contributed by atoms with Crippen LogP contribution in [0.1, 0.15) is 26.2 Å². The van der Waals surface area contributed by atoms with Gasteiger partial charge in [0, 0.05) is 26.1 Å². The third-order valence-corrected chi connectivity index (χ3v) is 4.41. The first kappa shape index (κ1) is 17.3. The number of carboxylic acid groups (broad SMARTS) is 1.